The molecule has 1 heterocycles. The van der Waals surface area contributed by atoms with Gasteiger partial charge in [0, 0.05) is 18.7 Å². The summed E-state index contributed by atoms with van der Waals surface area (Å²) in [6, 6.07) is 10.3. The van der Waals surface area contributed by atoms with Gasteiger partial charge in [0.05, 0.1) is 29.9 Å². The Kier molecular flexibility index (Phi) is 6.07. The molecule has 29 heavy (non-hydrogen) atoms. The molecule has 0 saturated carbocycles. The summed E-state index contributed by atoms with van der Waals surface area (Å²) in [5.41, 5.74) is 1.05. The van der Waals surface area contributed by atoms with Crippen LogP contribution in [-0.4, -0.2) is 40.6 Å². The van der Waals surface area contributed by atoms with Gasteiger partial charge in [-0.1, -0.05) is 0 Å². The molecular formula is C20H22N2O6S. The van der Waals surface area contributed by atoms with Crippen LogP contribution < -0.4 is 14.4 Å². The lowest BCUT2D eigenvalue weighted by molar-refractivity contribution is -0.117. The van der Waals surface area contributed by atoms with E-state index in [0.29, 0.717) is 42.1 Å². The number of rotatable bonds is 7. The highest BCUT2D eigenvalue weighted by Gasteiger charge is 2.26. The predicted octanol–water partition coefficient (Wildman–Crippen LogP) is 2.80. The lowest BCUT2D eigenvalue weighted by Crippen LogP contribution is -2.24. The summed E-state index contributed by atoms with van der Waals surface area (Å²) >= 11 is 0. The van der Waals surface area contributed by atoms with Crippen LogP contribution in [0.15, 0.2) is 47.4 Å². The second kappa shape index (κ2) is 8.52. The fraction of sp³-hybridized carbons (Fsp3) is 0.300. The molecule has 1 N–H and O–H groups in total. The molecular weight excluding hydrogens is 396 g/mol. The monoisotopic (exact) mass is 418 g/mol. The number of carbonyl (C=O) groups excluding carboxylic acids is 2. The van der Waals surface area contributed by atoms with E-state index in [-0.39, 0.29) is 17.4 Å². The van der Waals surface area contributed by atoms with Crippen molar-refractivity contribution in [2.75, 3.05) is 29.9 Å². The van der Waals surface area contributed by atoms with Gasteiger partial charge in [0.2, 0.25) is 5.91 Å². The molecule has 0 unspecified atom stereocenters. The topological polar surface area (TPSA) is 102 Å². The van der Waals surface area contributed by atoms with Crippen molar-refractivity contribution in [2.24, 2.45) is 0 Å². The zero-order chi connectivity index (χ0) is 21.0. The standard InChI is InChI=1S/C20H22N2O6S/c1-3-28-20(24)14-6-8-15(9-7-14)21-29(25,26)16-10-11-18(27-2)17(13-16)22-12-4-5-19(22)23/h6-11,13,21H,3-5,12H2,1-2H3. The maximum absolute atomic E-state index is 12.8. The Balaban J connectivity index is 1.86. The second-order valence-corrected chi connectivity index (χ2v) is 8.07. The van der Waals surface area contributed by atoms with E-state index in [1.807, 2.05) is 0 Å². The first-order chi connectivity index (χ1) is 13.9. The van der Waals surface area contributed by atoms with Gasteiger partial charge in [-0.3, -0.25) is 9.52 Å². The number of hydrogen-bond acceptors (Lipinski definition) is 6. The predicted molar refractivity (Wildman–Crippen MR) is 108 cm³/mol. The van der Waals surface area contributed by atoms with Gasteiger partial charge in [-0.25, -0.2) is 13.2 Å². The Labute approximate surface area is 169 Å². The lowest BCUT2D eigenvalue weighted by Gasteiger charge is -2.20. The van der Waals surface area contributed by atoms with Crippen LogP contribution in [0.2, 0.25) is 0 Å². The maximum atomic E-state index is 12.8. The molecule has 1 aliphatic heterocycles. The molecule has 0 bridgehead atoms. The normalized spacial score (nSPS) is 14.0. The molecule has 0 spiro atoms. The Hall–Kier alpha value is -3.07. The molecule has 1 fully saturated rings. The van der Waals surface area contributed by atoms with Crippen LogP contribution in [0.1, 0.15) is 30.1 Å². The molecule has 0 radical (unpaired) electrons. The van der Waals surface area contributed by atoms with Crippen LogP contribution in [0, 0.1) is 0 Å². The van der Waals surface area contributed by atoms with E-state index < -0.39 is 16.0 Å². The van der Waals surface area contributed by atoms with Crippen molar-refractivity contribution in [3.05, 3.63) is 48.0 Å². The smallest absolute Gasteiger partial charge is 0.338 e. The van der Waals surface area contributed by atoms with Crippen LogP contribution in [0.3, 0.4) is 0 Å². The second-order valence-electron chi connectivity index (χ2n) is 6.39. The molecule has 2 aromatic carbocycles. The first-order valence-electron chi connectivity index (χ1n) is 9.14. The molecule has 3 rings (SSSR count). The van der Waals surface area contributed by atoms with E-state index in [0.717, 1.165) is 0 Å². The molecule has 1 amide bonds. The minimum atomic E-state index is -3.91. The van der Waals surface area contributed by atoms with Crippen LogP contribution in [0.4, 0.5) is 11.4 Å². The number of nitrogens with zero attached hydrogens (tertiary/aromatic N) is 1. The van der Waals surface area contributed by atoms with Crippen LogP contribution in [0.25, 0.3) is 0 Å². The van der Waals surface area contributed by atoms with Crippen molar-refractivity contribution in [2.45, 2.75) is 24.7 Å². The van der Waals surface area contributed by atoms with Crippen LogP contribution in [-0.2, 0) is 19.6 Å². The largest absolute Gasteiger partial charge is 0.495 e. The number of nitrogens with one attached hydrogen (secondary N) is 1. The summed E-state index contributed by atoms with van der Waals surface area (Å²) in [6.45, 7) is 2.48. The molecule has 8 nitrogen and oxygen atoms in total. The molecule has 0 aliphatic carbocycles. The number of carbonyl (C=O) groups is 2. The summed E-state index contributed by atoms with van der Waals surface area (Å²) in [4.78, 5) is 25.3. The summed E-state index contributed by atoms with van der Waals surface area (Å²) in [7, 11) is -2.44. The van der Waals surface area contributed by atoms with E-state index in [1.165, 1.54) is 54.5 Å². The summed E-state index contributed by atoms with van der Waals surface area (Å²) in [6.07, 6.45) is 1.13. The molecule has 2 aromatic rings. The summed E-state index contributed by atoms with van der Waals surface area (Å²) in [5.74, 6) is -0.115. The highest BCUT2D eigenvalue weighted by Crippen LogP contribution is 2.34. The molecule has 9 heteroatoms. The number of anilines is 2. The number of sulfonamides is 1. The molecule has 0 atom stereocenters. The van der Waals surface area contributed by atoms with Crippen LogP contribution in [0.5, 0.6) is 5.75 Å². The van der Waals surface area contributed by atoms with Crippen molar-refractivity contribution in [1.82, 2.24) is 0 Å². The van der Waals surface area contributed by atoms with E-state index >= 15 is 0 Å². The van der Waals surface area contributed by atoms with E-state index in [1.54, 1.807) is 6.92 Å². The zero-order valence-corrected chi connectivity index (χ0v) is 17.0. The molecule has 1 aliphatic rings. The Morgan fingerprint density at radius 2 is 1.90 bits per heavy atom. The van der Waals surface area contributed by atoms with Gasteiger partial charge in [-0.15, -0.1) is 0 Å². The minimum absolute atomic E-state index is 0.00229. The Morgan fingerprint density at radius 3 is 2.48 bits per heavy atom. The third-order valence-corrected chi connectivity index (χ3v) is 5.85. The first kappa shape index (κ1) is 20.7. The average Bonchev–Trinajstić information content (AvgIpc) is 3.13. The van der Waals surface area contributed by atoms with Gasteiger partial charge in [-0.2, -0.15) is 0 Å². The molecule has 154 valence electrons. The van der Waals surface area contributed by atoms with Gasteiger partial charge >= 0.3 is 5.97 Å². The lowest BCUT2D eigenvalue weighted by atomic mass is 10.2. The third kappa shape index (κ3) is 4.51. The summed E-state index contributed by atoms with van der Waals surface area (Å²) < 4.78 is 38.3. The number of benzene rings is 2. The van der Waals surface area contributed by atoms with E-state index in [4.69, 9.17) is 9.47 Å². The van der Waals surface area contributed by atoms with Crippen molar-refractivity contribution in [3.8, 4) is 5.75 Å². The highest BCUT2D eigenvalue weighted by molar-refractivity contribution is 7.92. The van der Waals surface area contributed by atoms with Crippen molar-refractivity contribution in [3.63, 3.8) is 0 Å². The van der Waals surface area contributed by atoms with Gasteiger partial charge in [0.15, 0.2) is 0 Å². The van der Waals surface area contributed by atoms with E-state index in [9.17, 15) is 18.0 Å². The fourth-order valence-corrected chi connectivity index (χ4v) is 4.13. The van der Waals surface area contributed by atoms with Gasteiger partial charge < -0.3 is 14.4 Å². The number of methoxy groups -OCH3 is 1. The summed E-state index contributed by atoms with van der Waals surface area (Å²) in [5, 5.41) is 0. The highest BCUT2D eigenvalue weighted by atomic mass is 32.2. The number of ether oxygens (including phenoxy) is 2. The number of esters is 1. The zero-order valence-electron chi connectivity index (χ0n) is 16.2. The van der Waals surface area contributed by atoms with Crippen molar-refractivity contribution in [1.29, 1.82) is 0 Å². The van der Waals surface area contributed by atoms with Gasteiger partial charge in [0.25, 0.3) is 10.0 Å². The quantitative estimate of drug-likeness (QED) is 0.694. The number of hydrogen-bond donors (Lipinski definition) is 1. The van der Waals surface area contributed by atoms with Crippen molar-refractivity contribution >= 4 is 33.3 Å². The molecule has 0 aromatic heterocycles. The maximum Gasteiger partial charge on any atom is 0.338 e. The first-order valence-corrected chi connectivity index (χ1v) is 10.6. The minimum Gasteiger partial charge on any atom is -0.495 e. The van der Waals surface area contributed by atoms with Crippen LogP contribution >= 0.6 is 0 Å². The van der Waals surface area contributed by atoms with Crippen molar-refractivity contribution < 1.29 is 27.5 Å². The Morgan fingerprint density at radius 1 is 1.17 bits per heavy atom. The number of amides is 1. The third-order valence-electron chi connectivity index (χ3n) is 4.47. The van der Waals surface area contributed by atoms with E-state index in [2.05, 4.69) is 4.72 Å². The average molecular weight is 418 g/mol. The molecule has 1 saturated heterocycles. The van der Waals surface area contributed by atoms with Gasteiger partial charge in [0.1, 0.15) is 5.75 Å². The fourth-order valence-electron chi connectivity index (χ4n) is 3.05. The Bertz CT molecular complexity index is 1020. The SMILES string of the molecule is CCOC(=O)c1ccc(NS(=O)(=O)c2ccc(OC)c(N3CCCC3=O)c2)cc1. The van der Waals surface area contributed by atoms with Gasteiger partial charge in [-0.05, 0) is 55.8 Å².